The number of benzene rings is 2. The quantitative estimate of drug-likeness (QED) is 0.482. The van der Waals surface area contributed by atoms with Crippen molar-refractivity contribution in [2.24, 2.45) is 5.10 Å². The van der Waals surface area contributed by atoms with E-state index in [0.717, 1.165) is 12.1 Å². The minimum atomic E-state index is -4.44. The molecule has 0 spiro atoms. The lowest BCUT2D eigenvalue weighted by atomic mass is 10.2. The van der Waals surface area contributed by atoms with E-state index in [1.807, 2.05) is 0 Å². The molecule has 2 aromatic carbocycles. The first-order valence-corrected chi connectivity index (χ1v) is 8.75. The van der Waals surface area contributed by atoms with Crippen LogP contribution >= 0.6 is 15.9 Å². The first kappa shape index (κ1) is 21.5. The summed E-state index contributed by atoms with van der Waals surface area (Å²) in [5, 5.41) is 14.5. The molecular formula is C18H15BrF3N2O4-. The Bertz CT molecular complexity index is 872. The van der Waals surface area contributed by atoms with E-state index in [0.29, 0.717) is 16.6 Å². The van der Waals surface area contributed by atoms with Gasteiger partial charge in [-0.05, 0) is 58.7 Å². The third kappa shape index (κ3) is 6.15. The normalized spacial score (nSPS) is 11.5. The molecule has 6 nitrogen and oxygen atoms in total. The maximum absolute atomic E-state index is 12.7. The number of anilines is 1. The molecule has 0 fully saturated rings. The number of carbonyl (C=O) groups excluding carboxylic acids is 1. The van der Waals surface area contributed by atoms with Crippen molar-refractivity contribution in [3.05, 3.63) is 52.0 Å². The van der Waals surface area contributed by atoms with E-state index in [1.54, 1.807) is 19.1 Å². The number of rotatable bonds is 8. The molecule has 2 rings (SSSR count). The van der Waals surface area contributed by atoms with Crippen molar-refractivity contribution in [1.29, 1.82) is 0 Å². The smallest absolute Gasteiger partial charge is 0.416 e. The second-order valence-electron chi connectivity index (χ2n) is 5.37. The van der Waals surface area contributed by atoms with Gasteiger partial charge in [-0.3, -0.25) is 5.43 Å². The Kier molecular flexibility index (Phi) is 7.27. The molecule has 2 aromatic rings. The van der Waals surface area contributed by atoms with E-state index >= 15 is 0 Å². The molecule has 0 radical (unpaired) electrons. The largest absolute Gasteiger partial charge is 0.546 e. The van der Waals surface area contributed by atoms with Crippen LogP contribution in [0.2, 0.25) is 0 Å². The van der Waals surface area contributed by atoms with Crippen molar-refractivity contribution >= 4 is 33.8 Å². The summed E-state index contributed by atoms with van der Waals surface area (Å²) < 4.78 is 49.2. The fourth-order valence-corrected chi connectivity index (χ4v) is 2.72. The van der Waals surface area contributed by atoms with Crippen molar-refractivity contribution < 1.29 is 32.5 Å². The second kappa shape index (κ2) is 9.45. The SMILES string of the molecule is CCOc1cc(C=NNc2cccc(C(F)(F)F)c2)cc(Br)c1OCC(=O)[O-]. The summed E-state index contributed by atoms with van der Waals surface area (Å²) in [5.74, 6) is -0.919. The molecule has 0 aliphatic rings. The number of carboxylic acids is 1. The van der Waals surface area contributed by atoms with Crippen molar-refractivity contribution in [2.75, 3.05) is 18.6 Å². The van der Waals surface area contributed by atoms with Gasteiger partial charge in [0, 0.05) is 0 Å². The summed E-state index contributed by atoms with van der Waals surface area (Å²) in [6.45, 7) is 1.40. The number of nitrogens with zero attached hydrogens (tertiary/aromatic N) is 1. The molecule has 28 heavy (non-hydrogen) atoms. The van der Waals surface area contributed by atoms with Crippen LogP contribution in [0.1, 0.15) is 18.1 Å². The number of halogens is 4. The van der Waals surface area contributed by atoms with Crippen LogP contribution in [0.5, 0.6) is 11.5 Å². The highest BCUT2D eigenvalue weighted by Crippen LogP contribution is 2.36. The highest BCUT2D eigenvalue weighted by Gasteiger charge is 2.30. The van der Waals surface area contributed by atoms with Crippen LogP contribution in [0.15, 0.2) is 46.0 Å². The van der Waals surface area contributed by atoms with Crippen molar-refractivity contribution in [3.8, 4) is 11.5 Å². The fourth-order valence-electron chi connectivity index (χ4n) is 2.14. The van der Waals surface area contributed by atoms with Crippen molar-refractivity contribution in [3.63, 3.8) is 0 Å². The van der Waals surface area contributed by atoms with Crippen LogP contribution < -0.4 is 20.0 Å². The van der Waals surface area contributed by atoms with E-state index in [2.05, 4.69) is 26.5 Å². The molecular weight excluding hydrogens is 445 g/mol. The minimum absolute atomic E-state index is 0.170. The zero-order valence-electron chi connectivity index (χ0n) is 14.5. The summed E-state index contributed by atoms with van der Waals surface area (Å²) in [5.41, 5.74) is 2.45. The van der Waals surface area contributed by atoms with E-state index in [-0.39, 0.29) is 17.2 Å². The first-order valence-electron chi connectivity index (χ1n) is 7.96. The van der Waals surface area contributed by atoms with Gasteiger partial charge in [0.15, 0.2) is 11.5 Å². The van der Waals surface area contributed by atoms with Crippen molar-refractivity contribution in [2.45, 2.75) is 13.1 Å². The lowest BCUT2D eigenvalue weighted by Crippen LogP contribution is -2.29. The number of hydrazone groups is 1. The maximum atomic E-state index is 12.7. The molecule has 0 atom stereocenters. The number of alkyl halides is 3. The number of carboxylic acid groups (broad SMARTS) is 1. The lowest BCUT2D eigenvalue weighted by Gasteiger charge is -2.14. The summed E-state index contributed by atoms with van der Waals surface area (Å²) >= 11 is 3.26. The number of nitrogens with one attached hydrogen (secondary N) is 1. The van der Waals surface area contributed by atoms with Crippen LogP contribution in [0.3, 0.4) is 0 Å². The molecule has 10 heteroatoms. The number of carbonyl (C=O) groups is 1. The molecule has 0 amide bonds. The van der Waals surface area contributed by atoms with Crippen LogP contribution in [0, 0.1) is 0 Å². The summed E-state index contributed by atoms with van der Waals surface area (Å²) in [6, 6.07) is 7.76. The van der Waals surface area contributed by atoms with E-state index in [9.17, 15) is 23.1 Å². The van der Waals surface area contributed by atoms with Gasteiger partial charge in [0.05, 0.1) is 34.5 Å². The lowest BCUT2D eigenvalue weighted by molar-refractivity contribution is -0.307. The van der Waals surface area contributed by atoms with Gasteiger partial charge in [-0.1, -0.05) is 6.07 Å². The van der Waals surface area contributed by atoms with E-state index < -0.39 is 24.3 Å². The molecule has 0 saturated carbocycles. The average Bonchev–Trinajstić information content (AvgIpc) is 2.60. The highest BCUT2D eigenvalue weighted by atomic mass is 79.9. The average molecular weight is 460 g/mol. The maximum Gasteiger partial charge on any atom is 0.416 e. The molecule has 0 aromatic heterocycles. The van der Waals surface area contributed by atoms with E-state index in [4.69, 9.17) is 9.47 Å². The molecule has 0 aliphatic heterocycles. The van der Waals surface area contributed by atoms with Gasteiger partial charge in [-0.15, -0.1) is 0 Å². The predicted molar refractivity (Wildman–Crippen MR) is 98.5 cm³/mol. The molecule has 0 saturated heterocycles. The third-order valence-electron chi connectivity index (χ3n) is 3.26. The molecule has 0 bridgehead atoms. The monoisotopic (exact) mass is 459 g/mol. The Morgan fingerprint density at radius 2 is 2.04 bits per heavy atom. The van der Waals surface area contributed by atoms with Crippen LogP contribution in [0.4, 0.5) is 18.9 Å². The van der Waals surface area contributed by atoms with Crippen LogP contribution in [-0.2, 0) is 11.0 Å². The van der Waals surface area contributed by atoms with E-state index in [1.165, 1.54) is 18.3 Å². The molecule has 0 unspecified atom stereocenters. The Labute approximate surface area is 167 Å². The van der Waals surface area contributed by atoms with Gasteiger partial charge in [0.1, 0.15) is 6.61 Å². The summed E-state index contributed by atoms with van der Waals surface area (Å²) in [6.07, 6.45) is -3.07. The van der Waals surface area contributed by atoms with Gasteiger partial charge in [0.2, 0.25) is 0 Å². The molecule has 0 aliphatic carbocycles. The van der Waals surface area contributed by atoms with Crippen LogP contribution in [0.25, 0.3) is 0 Å². The number of hydrogen-bond acceptors (Lipinski definition) is 6. The number of hydrogen-bond donors (Lipinski definition) is 1. The molecule has 0 heterocycles. The minimum Gasteiger partial charge on any atom is -0.546 e. The third-order valence-corrected chi connectivity index (χ3v) is 3.85. The van der Waals surface area contributed by atoms with Crippen LogP contribution in [-0.4, -0.2) is 25.4 Å². The zero-order valence-corrected chi connectivity index (χ0v) is 16.1. The molecule has 1 N–H and O–H groups in total. The topological polar surface area (TPSA) is 83.0 Å². The Hall–Kier alpha value is -2.75. The van der Waals surface area contributed by atoms with Gasteiger partial charge in [-0.25, -0.2) is 0 Å². The van der Waals surface area contributed by atoms with Gasteiger partial charge >= 0.3 is 6.18 Å². The Morgan fingerprint density at radius 1 is 1.29 bits per heavy atom. The Balaban J connectivity index is 2.18. The predicted octanol–water partition coefficient (Wildman–Crippen LogP) is 3.44. The fraction of sp³-hybridized carbons (Fsp3) is 0.222. The molecule has 150 valence electrons. The van der Waals surface area contributed by atoms with Gasteiger partial charge in [-0.2, -0.15) is 18.3 Å². The standard InChI is InChI=1S/C18H16BrF3N2O4/c1-2-27-15-7-11(6-14(19)17(15)28-10-16(25)26)9-23-24-13-5-3-4-12(8-13)18(20,21)22/h3-9,24H,2,10H2,1H3,(H,25,26)/p-1. The highest BCUT2D eigenvalue weighted by molar-refractivity contribution is 9.10. The second-order valence-corrected chi connectivity index (χ2v) is 6.23. The van der Waals surface area contributed by atoms with Gasteiger partial charge in [0.25, 0.3) is 0 Å². The number of aliphatic carboxylic acids is 1. The number of ether oxygens (including phenoxy) is 2. The first-order chi connectivity index (χ1) is 13.2. The zero-order chi connectivity index (χ0) is 20.7. The van der Waals surface area contributed by atoms with Gasteiger partial charge < -0.3 is 19.4 Å². The van der Waals surface area contributed by atoms with Crippen molar-refractivity contribution in [1.82, 2.24) is 0 Å². The summed E-state index contributed by atoms with van der Waals surface area (Å²) in [7, 11) is 0. The Morgan fingerprint density at radius 3 is 2.68 bits per heavy atom. The summed E-state index contributed by atoms with van der Waals surface area (Å²) in [4.78, 5) is 10.6.